The monoisotopic (exact) mass is 464 g/mol. The minimum atomic E-state index is -4.70. The van der Waals surface area contributed by atoms with Crippen LogP contribution >= 0.6 is 39.1 Å². The molecular formula is C18H10BrCl2F3O2. The van der Waals surface area contributed by atoms with E-state index in [0.717, 1.165) is 0 Å². The number of halogens is 6. The van der Waals surface area contributed by atoms with Gasteiger partial charge in [0, 0.05) is 26.5 Å². The highest BCUT2D eigenvalue weighted by molar-refractivity contribution is 9.15. The molecule has 0 bridgehead atoms. The smallest absolute Gasteiger partial charge is 0.432 e. The van der Waals surface area contributed by atoms with E-state index in [9.17, 15) is 18.0 Å². The molecule has 136 valence electrons. The van der Waals surface area contributed by atoms with Crippen LogP contribution in [0.4, 0.5) is 13.2 Å². The van der Waals surface area contributed by atoms with Crippen molar-refractivity contribution in [2.24, 2.45) is 0 Å². The topological polar surface area (TPSA) is 26.3 Å². The lowest BCUT2D eigenvalue weighted by atomic mass is 9.88. The summed E-state index contributed by atoms with van der Waals surface area (Å²) in [5, 5.41) is 0.182. The molecule has 1 atom stereocenters. The van der Waals surface area contributed by atoms with Crippen LogP contribution in [-0.4, -0.2) is 12.5 Å². The molecule has 1 aliphatic rings. The Kier molecular flexibility index (Phi) is 5.12. The third-order valence-corrected chi connectivity index (χ3v) is 5.22. The van der Waals surface area contributed by atoms with Crippen LogP contribution in [0.25, 0.3) is 4.48 Å². The molecule has 0 N–H and O–H groups in total. The Morgan fingerprint density at radius 2 is 1.81 bits per heavy atom. The van der Waals surface area contributed by atoms with E-state index in [1.54, 1.807) is 12.1 Å². The van der Waals surface area contributed by atoms with E-state index >= 15 is 0 Å². The van der Waals surface area contributed by atoms with Crippen molar-refractivity contribution in [3.8, 4) is 5.75 Å². The molecule has 2 aromatic rings. The number of rotatable bonds is 3. The minimum absolute atomic E-state index is 0.0908. The normalized spacial score (nSPS) is 19.8. The molecular weight excluding hydrogens is 456 g/mol. The lowest BCUT2D eigenvalue weighted by Crippen LogP contribution is -2.46. The third-order valence-electron chi connectivity index (χ3n) is 4.06. The van der Waals surface area contributed by atoms with Crippen molar-refractivity contribution in [1.82, 2.24) is 0 Å². The summed E-state index contributed by atoms with van der Waals surface area (Å²) in [4.78, 5) is 10.6. The van der Waals surface area contributed by atoms with Crippen LogP contribution in [0.1, 0.15) is 16.7 Å². The van der Waals surface area contributed by atoms with E-state index in [1.807, 2.05) is 0 Å². The molecule has 2 nitrogen and oxygen atoms in total. The van der Waals surface area contributed by atoms with Gasteiger partial charge in [-0.25, -0.2) is 0 Å². The van der Waals surface area contributed by atoms with Crippen LogP contribution in [0, 0.1) is 0 Å². The van der Waals surface area contributed by atoms with E-state index in [-0.39, 0.29) is 21.4 Å². The first-order chi connectivity index (χ1) is 12.2. The number of aldehydes is 1. The van der Waals surface area contributed by atoms with Crippen LogP contribution in [0.2, 0.25) is 10.0 Å². The van der Waals surface area contributed by atoms with E-state index in [1.165, 1.54) is 30.3 Å². The van der Waals surface area contributed by atoms with Gasteiger partial charge in [0.25, 0.3) is 0 Å². The van der Waals surface area contributed by atoms with Gasteiger partial charge in [-0.3, -0.25) is 4.79 Å². The van der Waals surface area contributed by atoms with Crippen LogP contribution < -0.4 is 4.74 Å². The molecule has 0 aromatic heterocycles. The van der Waals surface area contributed by atoms with Gasteiger partial charge < -0.3 is 4.74 Å². The lowest BCUT2D eigenvalue weighted by Gasteiger charge is -2.31. The lowest BCUT2D eigenvalue weighted by molar-refractivity contribution is -0.248. The van der Waals surface area contributed by atoms with Crippen molar-refractivity contribution in [3.63, 3.8) is 0 Å². The maximum absolute atomic E-state index is 14.0. The Bertz CT molecular complexity index is 892. The second kappa shape index (κ2) is 6.91. The Hall–Kier alpha value is -1.50. The molecule has 26 heavy (non-hydrogen) atoms. The maximum atomic E-state index is 14.0. The molecule has 0 amide bonds. The summed E-state index contributed by atoms with van der Waals surface area (Å²) in [5.74, 6) is 0.119. The van der Waals surface area contributed by atoms with Gasteiger partial charge in [-0.15, -0.1) is 0 Å². The van der Waals surface area contributed by atoms with E-state index in [4.69, 9.17) is 27.9 Å². The quantitative estimate of drug-likeness (QED) is 0.391. The van der Waals surface area contributed by atoms with Gasteiger partial charge in [0.05, 0.1) is 0 Å². The molecule has 0 saturated heterocycles. The maximum Gasteiger partial charge on any atom is 0.432 e. The van der Waals surface area contributed by atoms with Gasteiger partial charge in [-0.2, -0.15) is 13.2 Å². The van der Waals surface area contributed by atoms with E-state index in [0.29, 0.717) is 21.9 Å². The molecule has 2 aromatic carbocycles. The fraction of sp³-hybridized carbons (Fsp3) is 0.167. The largest absolute Gasteiger partial charge is 0.472 e. The third kappa shape index (κ3) is 3.38. The Morgan fingerprint density at radius 1 is 1.15 bits per heavy atom. The van der Waals surface area contributed by atoms with Crippen molar-refractivity contribution in [1.29, 1.82) is 0 Å². The molecule has 0 aliphatic carbocycles. The molecule has 0 saturated carbocycles. The van der Waals surface area contributed by atoms with Crippen LogP contribution in [0.3, 0.4) is 0 Å². The second-order valence-electron chi connectivity index (χ2n) is 5.73. The van der Waals surface area contributed by atoms with Gasteiger partial charge in [0.2, 0.25) is 5.60 Å². The molecule has 8 heteroatoms. The average molecular weight is 466 g/mol. The van der Waals surface area contributed by atoms with E-state index in [2.05, 4.69) is 15.9 Å². The molecule has 1 heterocycles. The van der Waals surface area contributed by atoms with Gasteiger partial charge >= 0.3 is 6.18 Å². The number of fused-ring (bicyclic) bond motifs is 1. The first-order valence-electron chi connectivity index (χ1n) is 7.33. The summed E-state index contributed by atoms with van der Waals surface area (Å²) in [6, 6.07) is 8.34. The Labute approximate surface area is 165 Å². The van der Waals surface area contributed by atoms with Crippen LogP contribution in [0.5, 0.6) is 5.75 Å². The summed E-state index contributed by atoms with van der Waals surface area (Å²) >= 11 is 15.0. The Morgan fingerprint density at radius 3 is 2.38 bits per heavy atom. The Balaban J connectivity index is 2.11. The van der Waals surface area contributed by atoms with Crippen molar-refractivity contribution in [3.05, 3.63) is 69.2 Å². The highest BCUT2D eigenvalue weighted by atomic mass is 79.9. The van der Waals surface area contributed by atoms with Crippen LogP contribution in [-0.2, 0) is 16.8 Å². The number of allylic oxidation sites excluding steroid dienone is 1. The summed E-state index contributed by atoms with van der Waals surface area (Å²) in [7, 11) is 0. The summed E-state index contributed by atoms with van der Waals surface area (Å²) in [5.41, 5.74) is -1.81. The molecule has 1 aliphatic heterocycles. The number of carbonyl (C=O) groups is 1. The van der Waals surface area contributed by atoms with Crippen molar-refractivity contribution in [2.75, 3.05) is 0 Å². The van der Waals surface area contributed by atoms with E-state index < -0.39 is 18.2 Å². The fourth-order valence-corrected chi connectivity index (χ4v) is 3.76. The number of alkyl halides is 3. The first kappa shape index (κ1) is 19.3. The zero-order valence-electron chi connectivity index (χ0n) is 12.9. The number of hydrogen-bond acceptors (Lipinski definition) is 2. The predicted octanol–water partition coefficient (Wildman–Crippen LogP) is 6.32. The summed E-state index contributed by atoms with van der Waals surface area (Å²) in [6.07, 6.45) is -3.28. The van der Waals surface area contributed by atoms with Gasteiger partial charge in [0.15, 0.2) is 0 Å². The zero-order valence-corrected chi connectivity index (χ0v) is 16.0. The molecule has 0 spiro atoms. The minimum Gasteiger partial charge on any atom is -0.472 e. The van der Waals surface area contributed by atoms with Crippen LogP contribution in [0.15, 0.2) is 42.5 Å². The van der Waals surface area contributed by atoms with Crippen molar-refractivity contribution < 1.29 is 22.7 Å². The zero-order chi connectivity index (χ0) is 19.1. The van der Waals surface area contributed by atoms with Crippen molar-refractivity contribution in [2.45, 2.75) is 18.2 Å². The number of hydrogen-bond donors (Lipinski definition) is 0. The highest BCUT2D eigenvalue weighted by Gasteiger charge is 2.61. The number of ether oxygens (including phenoxy) is 1. The standard InChI is InChI=1S/C18H10BrCl2F3O2/c19-15(3-4-25)10-1-2-16-11(5-10)9-17(26-16,18(22,23)24)12-6-13(20)8-14(21)7-12/h1-8H,9H2/b15-3-. The van der Waals surface area contributed by atoms with Gasteiger partial charge in [0.1, 0.15) is 12.0 Å². The van der Waals surface area contributed by atoms with Crippen molar-refractivity contribution >= 4 is 49.9 Å². The van der Waals surface area contributed by atoms with Gasteiger partial charge in [-0.05, 0) is 47.5 Å². The second-order valence-corrected chi connectivity index (χ2v) is 7.46. The van der Waals surface area contributed by atoms with Gasteiger partial charge in [-0.1, -0.05) is 45.2 Å². The SMILES string of the molecule is O=C/C=C(\Br)c1ccc2c(c1)CC(c1cc(Cl)cc(Cl)c1)(C(F)(F)F)O2. The first-order valence-corrected chi connectivity index (χ1v) is 8.88. The number of carbonyl (C=O) groups excluding carboxylic acids is 1. The molecule has 0 fully saturated rings. The molecule has 0 radical (unpaired) electrons. The summed E-state index contributed by atoms with van der Waals surface area (Å²) in [6.45, 7) is 0. The molecule has 3 rings (SSSR count). The fourth-order valence-electron chi connectivity index (χ4n) is 2.88. The molecule has 1 unspecified atom stereocenters. The highest BCUT2D eigenvalue weighted by Crippen LogP contribution is 2.52. The number of benzene rings is 2. The average Bonchev–Trinajstić information content (AvgIpc) is 2.94. The summed E-state index contributed by atoms with van der Waals surface area (Å²) < 4.78 is 48.0. The predicted molar refractivity (Wildman–Crippen MR) is 97.9 cm³/mol.